The molecule has 126 valence electrons. The van der Waals surface area contributed by atoms with E-state index >= 15 is 0 Å². The van der Waals surface area contributed by atoms with Gasteiger partial charge >= 0.3 is 6.09 Å². The number of aryl methyl sites for hydroxylation is 1. The predicted molar refractivity (Wildman–Crippen MR) is 95.7 cm³/mol. The highest BCUT2D eigenvalue weighted by Gasteiger charge is 2.29. The number of rotatable bonds is 6. The monoisotopic (exact) mass is 323 g/mol. The maximum absolute atomic E-state index is 12.4. The quantitative estimate of drug-likeness (QED) is 0.763. The summed E-state index contributed by atoms with van der Waals surface area (Å²) in [4.78, 5) is 14.3. The maximum Gasteiger partial charge on any atom is 0.410 e. The minimum absolute atomic E-state index is 0.166. The molecule has 3 heteroatoms. The zero-order valence-corrected chi connectivity index (χ0v) is 14.1. The van der Waals surface area contributed by atoms with Gasteiger partial charge in [0.15, 0.2) is 0 Å². The summed E-state index contributed by atoms with van der Waals surface area (Å²) in [5.41, 5.74) is 2.40. The van der Waals surface area contributed by atoms with Crippen molar-refractivity contribution in [1.29, 1.82) is 0 Å². The van der Waals surface area contributed by atoms with Crippen LogP contribution in [0.25, 0.3) is 0 Å². The van der Waals surface area contributed by atoms with Crippen molar-refractivity contribution < 1.29 is 9.53 Å². The molecule has 0 N–H and O–H groups in total. The van der Waals surface area contributed by atoms with Gasteiger partial charge in [-0.3, -0.25) is 0 Å². The topological polar surface area (TPSA) is 29.5 Å². The lowest BCUT2D eigenvalue weighted by Crippen LogP contribution is -2.35. The molecule has 0 radical (unpaired) electrons. The van der Waals surface area contributed by atoms with Crippen LogP contribution in [0.3, 0.4) is 0 Å². The van der Waals surface area contributed by atoms with E-state index in [0.717, 1.165) is 44.2 Å². The molecule has 1 aliphatic rings. The second-order valence-electron chi connectivity index (χ2n) is 6.41. The Morgan fingerprint density at radius 1 is 1.00 bits per heavy atom. The average molecular weight is 323 g/mol. The third-order valence-electron chi connectivity index (χ3n) is 4.66. The fourth-order valence-corrected chi connectivity index (χ4v) is 3.36. The van der Waals surface area contributed by atoms with Crippen LogP contribution in [0, 0.1) is 0 Å². The molecule has 1 atom stereocenters. The highest BCUT2D eigenvalue weighted by molar-refractivity contribution is 5.68. The zero-order chi connectivity index (χ0) is 16.6. The second-order valence-corrected chi connectivity index (χ2v) is 6.41. The molecule has 0 spiro atoms. The summed E-state index contributed by atoms with van der Waals surface area (Å²) in [7, 11) is 0. The molecule has 1 aliphatic heterocycles. The number of likely N-dealkylation sites (tertiary alicyclic amines) is 1. The van der Waals surface area contributed by atoms with Gasteiger partial charge in [-0.25, -0.2) is 4.79 Å². The Hall–Kier alpha value is -2.29. The number of carbonyl (C=O) groups excluding carboxylic acids is 1. The lowest BCUT2D eigenvalue weighted by atomic mass is 10.0. The number of benzene rings is 2. The number of hydrogen-bond acceptors (Lipinski definition) is 2. The predicted octanol–water partition coefficient (Wildman–Crippen LogP) is 4.81. The van der Waals surface area contributed by atoms with Gasteiger partial charge in [0.2, 0.25) is 0 Å². The molecule has 0 aliphatic carbocycles. The highest BCUT2D eigenvalue weighted by Crippen LogP contribution is 2.23. The molecule has 1 amide bonds. The van der Waals surface area contributed by atoms with Crippen molar-refractivity contribution in [3.05, 3.63) is 71.8 Å². The van der Waals surface area contributed by atoms with E-state index < -0.39 is 0 Å². The van der Waals surface area contributed by atoms with Gasteiger partial charge in [-0.05, 0) is 43.2 Å². The minimum atomic E-state index is -0.166. The van der Waals surface area contributed by atoms with Crippen LogP contribution in [0.2, 0.25) is 0 Å². The van der Waals surface area contributed by atoms with Crippen molar-refractivity contribution in [2.24, 2.45) is 0 Å². The third-order valence-corrected chi connectivity index (χ3v) is 4.66. The fourth-order valence-electron chi connectivity index (χ4n) is 3.36. The molecule has 1 heterocycles. The molecule has 1 saturated heterocycles. The van der Waals surface area contributed by atoms with Crippen molar-refractivity contribution in [2.45, 2.75) is 44.8 Å². The number of ether oxygens (including phenoxy) is 1. The van der Waals surface area contributed by atoms with E-state index in [0.29, 0.717) is 12.6 Å². The Labute approximate surface area is 144 Å². The number of hydrogen-bond donors (Lipinski definition) is 0. The maximum atomic E-state index is 12.4. The van der Waals surface area contributed by atoms with Crippen LogP contribution in [-0.2, 0) is 17.8 Å². The number of nitrogens with zero attached hydrogens (tertiary/aromatic N) is 1. The van der Waals surface area contributed by atoms with Crippen molar-refractivity contribution in [3.63, 3.8) is 0 Å². The van der Waals surface area contributed by atoms with E-state index in [1.54, 1.807) is 0 Å². The van der Waals surface area contributed by atoms with Crippen LogP contribution < -0.4 is 0 Å². The van der Waals surface area contributed by atoms with Crippen LogP contribution in [-0.4, -0.2) is 23.6 Å². The third kappa shape index (κ3) is 4.60. The van der Waals surface area contributed by atoms with Gasteiger partial charge in [0.05, 0.1) is 0 Å². The molecule has 1 fully saturated rings. The van der Waals surface area contributed by atoms with Gasteiger partial charge in [-0.15, -0.1) is 0 Å². The lowest BCUT2D eigenvalue weighted by Gasteiger charge is -2.24. The van der Waals surface area contributed by atoms with E-state index in [1.807, 2.05) is 41.3 Å². The van der Waals surface area contributed by atoms with Gasteiger partial charge < -0.3 is 9.64 Å². The van der Waals surface area contributed by atoms with Crippen molar-refractivity contribution >= 4 is 6.09 Å². The van der Waals surface area contributed by atoms with E-state index in [1.165, 1.54) is 5.56 Å². The largest absolute Gasteiger partial charge is 0.445 e. The Bertz CT molecular complexity index is 627. The van der Waals surface area contributed by atoms with Gasteiger partial charge in [0.1, 0.15) is 6.61 Å². The summed E-state index contributed by atoms with van der Waals surface area (Å²) in [6, 6.07) is 20.7. The van der Waals surface area contributed by atoms with Crippen molar-refractivity contribution in [3.8, 4) is 0 Å². The molecule has 0 bridgehead atoms. The molecular formula is C21H25NO2. The van der Waals surface area contributed by atoms with Crippen LogP contribution in [0.4, 0.5) is 4.79 Å². The molecule has 24 heavy (non-hydrogen) atoms. The SMILES string of the molecule is O=C(OCc1ccccc1)N1CCC[C@@H]1CCCc1ccccc1. The molecule has 2 aromatic rings. The zero-order valence-electron chi connectivity index (χ0n) is 14.1. The van der Waals surface area contributed by atoms with Crippen LogP contribution in [0.5, 0.6) is 0 Å². The summed E-state index contributed by atoms with van der Waals surface area (Å²) in [5.74, 6) is 0. The van der Waals surface area contributed by atoms with E-state index in [-0.39, 0.29) is 6.09 Å². The molecule has 3 rings (SSSR count). The molecular weight excluding hydrogens is 298 g/mol. The molecule has 0 unspecified atom stereocenters. The van der Waals surface area contributed by atoms with Crippen LogP contribution >= 0.6 is 0 Å². The Morgan fingerprint density at radius 2 is 1.67 bits per heavy atom. The first-order valence-electron chi connectivity index (χ1n) is 8.84. The lowest BCUT2D eigenvalue weighted by molar-refractivity contribution is 0.0905. The van der Waals surface area contributed by atoms with Crippen LogP contribution in [0.15, 0.2) is 60.7 Å². The first-order chi connectivity index (χ1) is 11.8. The summed E-state index contributed by atoms with van der Waals surface area (Å²) in [6.07, 6.45) is 5.24. The summed E-state index contributed by atoms with van der Waals surface area (Å²) in [5, 5.41) is 0. The minimum Gasteiger partial charge on any atom is -0.445 e. The smallest absolute Gasteiger partial charge is 0.410 e. The van der Waals surface area contributed by atoms with Crippen molar-refractivity contribution in [1.82, 2.24) is 4.90 Å². The Balaban J connectivity index is 1.45. The average Bonchev–Trinajstić information content (AvgIpc) is 3.10. The molecule has 0 saturated carbocycles. The normalized spacial score (nSPS) is 17.0. The second kappa shape index (κ2) is 8.53. The first-order valence-corrected chi connectivity index (χ1v) is 8.84. The van der Waals surface area contributed by atoms with Crippen molar-refractivity contribution in [2.75, 3.05) is 6.54 Å². The van der Waals surface area contributed by atoms with E-state index in [2.05, 4.69) is 24.3 Å². The summed E-state index contributed by atoms with van der Waals surface area (Å²) >= 11 is 0. The molecule has 2 aromatic carbocycles. The standard InChI is InChI=1S/C21H25NO2/c23-21(24-17-19-11-5-2-6-12-19)22-16-8-15-20(22)14-7-13-18-9-3-1-4-10-18/h1-6,9-12,20H,7-8,13-17H2/t20-/m0/s1. The van der Waals surface area contributed by atoms with E-state index in [4.69, 9.17) is 4.74 Å². The molecule has 3 nitrogen and oxygen atoms in total. The van der Waals surface area contributed by atoms with Gasteiger partial charge in [0, 0.05) is 12.6 Å². The number of carbonyl (C=O) groups is 1. The van der Waals surface area contributed by atoms with Gasteiger partial charge in [-0.1, -0.05) is 60.7 Å². The van der Waals surface area contributed by atoms with Gasteiger partial charge in [0.25, 0.3) is 0 Å². The highest BCUT2D eigenvalue weighted by atomic mass is 16.6. The number of amides is 1. The van der Waals surface area contributed by atoms with Gasteiger partial charge in [-0.2, -0.15) is 0 Å². The fraction of sp³-hybridized carbons (Fsp3) is 0.381. The first kappa shape index (κ1) is 16.6. The Kier molecular flexibility index (Phi) is 5.89. The summed E-state index contributed by atoms with van der Waals surface area (Å²) in [6.45, 7) is 1.18. The molecule has 0 aromatic heterocycles. The Morgan fingerprint density at radius 3 is 2.38 bits per heavy atom. The van der Waals surface area contributed by atoms with E-state index in [9.17, 15) is 4.79 Å². The summed E-state index contributed by atoms with van der Waals surface area (Å²) < 4.78 is 5.49. The van der Waals surface area contributed by atoms with Crippen LogP contribution in [0.1, 0.15) is 36.8 Å².